The van der Waals surface area contributed by atoms with Crippen LogP contribution in [0.4, 0.5) is 73.4 Å². The number of hydrogen-bond donors (Lipinski definition) is 9. The van der Waals surface area contributed by atoms with Crippen molar-refractivity contribution < 1.29 is 224 Å². The number of rotatable bonds is 12. The predicted octanol–water partition coefficient (Wildman–Crippen LogP) is 16.6. The van der Waals surface area contributed by atoms with Gasteiger partial charge in [-0.15, -0.1) is 42.5 Å². The third-order valence-electron chi connectivity index (χ3n) is 12.2. The number of nitrogens with one attached hydrogen (secondary N) is 7. The van der Waals surface area contributed by atoms with Gasteiger partial charge in [-0.25, -0.2) is 34.9 Å². The first-order valence-electron chi connectivity index (χ1n) is 33.5. The van der Waals surface area contributed by atoms with Crippen LogP contribution < -0.4 is 69.5 Å². The zero-order valence-corrected chi connectivity index (χ0v) is 105. The maximum Gasteiger partial charge on any atom is 0 e. The predicted molar refractivity (Wildman–Crippen MR) is 563 cm³/mol. The Morgan fingerprint density at radius 1 is 0.441 bits per heavy atom. The number of nitrogens with zero attached hydrogens (tertiary/aromatic N) is 16. The molecule has 0 spiro atoms. The Balaban J connectivity index is -0.000000117. The van der Waals surface area contributed by atoms with E-state index >= 15 is 0 Å². The van der Waals surface area contributed by atoms with E-state index in [0.29, 0.717) is 111 Å². The van der Waals surface area contributed by atoms with Crippen LogP contribution in [-0.4, -0.2) is 152 Å². The summed E-state index contributed by atoms with van der Waals surface area (Å²) < 4.78 is 14.5. The number of nitro groups is 4. The zero-order chi connectivity index (χ0) is 91.4. The number of alkyl halides is 4. The number of non-ortho nitro benzene ring substituents is 3. The van der Waals surface area contributed by atoms with Gasteiger partial charge in [0.05, 0.1) is 12.9 Å². The second-order valence-corrected chi connectivity index (χ2v) is 56.9. The monoisotopic (exact) mass is 3250 g/mol. The smallest absolute Gasteiger partial charge is 0 e. The molecule has 12 aromatic rings. The summed E-state index contributed by atoms with van der Waals surface area (Å²) in [7, 11) is 10.3. The standard InChI is InChI=1S/C12H11N4O.C9H7FN4O2.3C9H7N4O2.C9H9N4.4C3H7.C2H5O.CH2I2.2CH3I.3CH4.2I3.5Y/c1-3-11(17)16-8-4-5-10-9(6-8)12(13-2)15-7-14-10;1-11-9-5-2-8(14(15)16)6(10)3-7(5)12-4-13-9;3*1-10-9-7-4-6(13(14)15)2-3-8(7)11-5-12-9;1-11-9-7-4-6(10)2-3-8(7)12-5-13-9;4*1-3-2;1-2-3;2-1-3;2*1-2;;;;2*1-3-2;;;;;/h3,5-7H,1H2,2H3,(H,16,17)(H,13,14,15);2-4H,1H3,(H,11,12,13);3*3-5H,1H3,(H,10,11,12);3-5H,10H2,1H3,(H,11,12,13);4*1,3H2,2H3;3H,1-2H2;1H2;2*1H3;3*1H4;;;;;;;/q-1;;9*-1;;;;;;;2*-1;;;;;. The van der Waals surface area contributed by atoms with Gasteiger partial charge in [-0.2, -0.15) is 42.2 Å². The van der Waals surface area contributed by atoms with E-state index in [1.165, 1.54) is 82.9 Å². The van der Waals surface area contributed by atoms with Crippen LogP contribution in [-0.2, 0) is 168 Å². The van der Waals surface area contributed by atoms with Crippen LogP contribution in [0.2, 0.25) is 0 Å². The molecule has 0 bridgehead atoms. The molecule has 0 aliphatic rings. The fraction of sp³-hybridized carbons (Fsp3) is 0.273. The molecule has 0 saturated heterocycles. The third-order valence-corrected chi connectivity index (χ3v) is 12.2. The second-order valence-electron chi connectivity index (χ2n) is 20.0. The number of amides is 1. The summed E-state index contributed by atoms with van der Waals surface area (Å²) in [6, 6.07) is 31.3. The van der Waals surface area contributed by atoms with Crippen molar-refractivity contribution in [1.82, 2.24) is 59.8 Å². The first-order valence-corrected chi connectivity index (χ1v) is 66.0. The molecular formula is C77H101FI10N24O10Y5-12. The third kappa shape index (κ3) is 62.8. The number of nitro benzene ring substituents is 4. The summed E-state index contributed by atoms with van der Waals surface area (Å²) in [4.78, 5) is 103. The number of halogens is 11. The van der Waals surface area contributed by atoms with E-state index in [1.807, 2.05) is 44.6 Å². The molecule has 6 heterocycles. The summed E-state index contributed by atoms with van der Waals surface area (Å²) in [5.41, 5.74) is 9.72. The van der Waals surface area contributed by atoms with Gasteiger partial charge in [-0.05, 0) is 43.5 Å². The minimum Gasteiger partial charge on any atom is -0.428 e. The van der Waals surface area contributed by atoms with Crippen molar-refractivity contribution in [2.75, 3.05) is 104 Å². The fourth-order valence-corrected chi connectivity index (χ4v) is 7.95. The van der Waals surface area contributed by atoms with Crippen LogP contribution >= 0.6 is 165 Å². The summed E-state index contributed by atoms with van der Waals surface area (Å²) in [5, 5.41) is 73.6. The molecule has 1 amide bonds. The number of aromatic nitrogens is 12. The maximum absolute atomic E-state index is 13.3. The van der Waals surface area contributed by atoms with Gasteiger partial charge in [0.25, 0.3) is 0 Å². The minimum absolute atomic E-state index is 0. The molecule has 0 saturated carbocycles. The van der Waals surface area contributed by atoms with Gasteiger partial charge in [0, 0.05) is 238 Å². The molecule has 12 rings (SSSR count). The molecule has 0 atom stereocenters. The molecule has 34 nitrogen and oxygen atoms in total. The quantitative estimate of drug-likeness (QED) is 0.0104. The minimum atomic E-state index is -0.904. The van der Waals surface area contributed by atoms with E-state index < -0.39 is 31.2 Å². The van der Waals surface area contributed by atoms with Gasteiger partial charge in [0.2, 0.25) is 11.7 Å². The summed E-state index contributed by atoms with van der Waals surface area (Å²) in [5.74, 6) is 2.44. The van der Waals surface area contributed by atoms with E-state index in [9.17, 15) is 49.6 Å². The SMILES string of the molecule is C.C.C.C=CC(=O)Nc1[c-]cc2ncnc(NC)c2c1.CI.CI.CNc1ncnc2c[c-]c(N)cc12.CNc1ncnc2c[c-]c([N+](=O)[O-])cc12.CNc1ncnc2c[c-]c([N+](=O)[O-])cc12.CNc1ncnc2c[c-]c([N+](=O)[O-])cc12.CNc1ncnc2cc(F)c([N+](=O)[O-])cc12.ICI.I[I-]I.I[I-]I.[CH2-]CC.[CH2-]CC.[CH2-]CC.[CH2-]CC.[CH2-]CO.[Y].[Y].[Y].[Y].[Y]. The van der Waals surface area contributed by atoms with Crippen LogP contribution in [0, 0.1) is 111 Å². The molecule has 0 aliphatic heterocycles. The van der Waals surface area contributed by atoms with E-state index in [0.717, 1.165) is 65.4 Å². The van der Waals surface area contributed by atoms with Crippen molar-refractivity contribution in [2.24, 2.45) is 0 Å². The number of nitrogens with two attached hydrogens (primary N) is 1. The van der Waals surface area contributed by atoms with Gasteiger partial charge in [-0.1, -0.05) is 228 Å². The first kappa shape index (κ1) is 152. The Kier molecular flexibility index (Phi) is 118. The van der Waals surface area contributed by atoms with Crippen LogP contribution in [0.3, 0.4) is 0 Å². The normalized spacial score (nSPS) is 8.59. The van der Waals surface area contributed by atoms with Crippen molar-refractivity contribution in [3.63, 3.8) is 0 Å². The number of hydrogen-bond acceptors (Lipinski definition) is 29. The van der Waals surface area contributed by atoms with Crippen molar-refractivity contribution in [3.8, 4) is 0 Å². The van der Waals surface area contributed by atoms with Gasteiger partial charge >= 0.3 is 107 Å². The Morgan fingerprint density at radius 2 is 0.654 bits per heavy atom. The Bertz CT molecular complexity index is 4680. The first-order chi connectivity index (χ1) is 57.2. The van der Waals surface area contributed by atoms with Crippen LogP contribution in [0.15, 0.2) is 123 Å². The summed E-state index contributed by atoms with van der Waals surface area (Å²) in [6.45, 7) is 28.4. The number of carbonyl (C=O) groups is 1. The Hall–Kier alpha value is -0.521. The molecule has 0 aliphatic carbocycles. The van der Waals surface area contributed by atoms with Gasteiger partial charge in [0.1, 0.15) is 72.9 Å². The second kappa shape index (κ2) is 98.5. The Labute approximate surface area is 985 Å². The molecule has 50 heteroatoms. The van der Waals surface area contributed by atoms with E-state index in [1.54, 1.807) is 59.5 Å². The summed E-state index contributed by atoms with van der Waals surface area (Å²) in [6.07, 6.45) is 13.6. The number of aliphatic hydroxyl groups is 1. The fourth-order valence-electron chi connectivity index (χ4n) is 7.95. The van der Waals surface area contributed by atoms with Gasteiger partial charge < -0.3 is 108 Å². The average Bonchev–Trinajstić information content (AvgIpc) is 0.790. The van der Waals surface area contributed by atoms with E-state index in [4.69, 9.17) is 10.8 Å². The molecule has 0 fully saturated rings. The molecule has 6 aromatic carbocycles. The molecule has 693 valence electrons. The number of anilines is 8. The van der Waals surface area contributed by atoms with E-state index in [2.05, 4.69) is 333 Å². The van der Waals surface area contributed by atoms with Crippen LogP contribution in [0.25, 0.3) is 65.4 Å². The van der Waals surface area contributed by atoms with Gasteiger partial charge in [0.15, 0.2) is 17.1 Å². The molecule has 5 radical (unpaired) electrons. The molecule has 6 aromatic heterocycles. The van der Waals surface area contributed by atoms with E-state index in [-0.39, 0.29) is 215 Å². The number of fused-ring (bicyclic) bond motifs is 6. The topological polar surface area (TPSA) is 475 Å². The molecular weight excluding hydrogens is 3150 g/mol. The maximum atomic E-state index is 13.3. The molecule has 0 unspecified atom stereocenters. The zero-order valence-electron chi connectivity index (χ0n) is 69.4. The number of carbonyl (C=O) groups excluding carboxylic acids is 1. The number of nitrogen functional groups attached to an aromatic ring is 1. The summed E-state index contributed by atoms with van der Waals surface area (Å²) >= 11 is 19.5. The van der Waals surface area contributed by atoms with Gasteiger partial charge in [-0.3, -0.25) is 45.3 Å². The van der Waals surface area contributed by atoms with Crippen molar-refractivity contribution >= 4 is 305 Å². The van der Waals surface area contributed by atoms with Crippen molar-refractivity contribution in [2.45, 2.75) is 75.7 Å². The largest absolute Gasteiger partial charge is 0.428 e. The number of benzene rings is 6. The molecule has 10 N–H and O–H groups in total. The molecule has 127 heavy (non-hydrogen) atoms. The number of aliphatic hydroxyl groups excluding tert-OH is 1. The van der Waals surface area contributed by atoms with Crippen LogP contribution in [0.5, 0.6) is 0 Å². The van der Waals surface area contributed by atoms with Crippen molar-refractivity contribution in [1.29, 1.82) is 0 Å². The van der Waals surface area contributed by atoms with Crippen molar-refractivity contribution in [3.05, 3.63) is 235 Å². The Morgan fingerprint density at radius 3 is 0.882 bits per heavy atom. The van der Waals surface area contributed by atoms with Crippen LogP contribution in [0.1, 0.15) is 75.7 Å². The average molecular weight is 3260 g/mol.